The predicted octanol–water partition coefficient (Wildman–Crippen LogP) is 3.47. The smallest absolute Gasteiger partial charge is 0.0224 e. The minimum Gasteiger partial charge on any atom is -0.0467 e. The fourth-order valence-corrected chi connectivity index (χ4v) is 9.74. The van der Waals surface area contributed by atoms with Crippen molar-refractivity contribution in [3.8, 4) is 0 Å². The van der Waals surface area contributed by atoms with Crippen LogP contribution in [-0.2, 0) is 0 Å². The average molecular weight is 212 g/mol. The molecule has 7 rings (SSSR count). The minimum atomic E-state index is 0.931. The maximum Gasteiger partial charge on any atom is -0.0224 e. The summed E-state index contributed by atoms with van der Waals surface area (Å²) in [5, 5.41) is 0. The van der Waals surface area contributed by atoms with Crippen LogP contribution < -0.4 is 0 Å². The maximum absolute atomic E-state index is 1.72. The van der Waals surface area contributed by atoms with Crippen molar-refractivity contribution in [1.82, 2.24) is 0 Å². The summed E-state index contributed by atoms with van der Waals surface area (Å²) in [4.78, 5) is 0. The van der Waals surface area contributed by atoms with E-state index in [1.54, 1.807) is 44.9 Å². The normalized spacial score (nSPS) is 87.0. The average Bonchev–Trinajstić information content (AvgIpc) is 2.37. The monoisotopic (exact) mass is 212 g/mol. The Hall–Kier alpha value is 0. The highest BCUT2D eigenvalue weighted by Crippen LogP contribution is 2.95. The summed E-state index contributed by atoms with van der Waals surface area (Å²) in [6.45, 7) is 0. The zero-order valence-corrected chi connectivity index (χ0v) is 9.91. The molecule has 0 nitrogen and oxygen atoms in total. The molecule has 0 aromatic rings. The van der Waals surface area contributed by atoms with Gasteiger partial charge in [0.1, 0.15) is 0 Å². The zero-order valence-electron chi connectivity index (χ0n) is 9.91. The van der Waals surface area contributed by atoms with E-state index < -0.39 is 0 Å². The molecule has 0 saturated heterocycles. The van der Waals surface area contributed by atoms with Crippen LogP contribution in [0, 0.1) is 51.8 Å². The molecule has 0 aliphatic heterocycles. The highest BCUT2D eigenvalue weighted by atomic mass is 14.9. The molecule has 0 amide bonds. The standard InChI is InChI=1S/C16H20/c1-8-3-16-7-15-5-14(6-15)4-11(16)12(13(8)16)10(14)2-9(1)15/h8-13H,1-7H2. The minimum absolute atomic E-state index is 0.931. The molecule has 0 radical (unpaired) electrons. The number of hydrogen-bond donors (Lipinski definition) is 0. The van der Waals surface area contributed by atoms with Crippen LogP contribution in [0.3, 0.4) is 0 Å². The van der Waals surface area contributed by atoms with Crippen molar-refractivity contribution in [2.24, 2.45) is 51.8 Å². The van der Waals surface area contributed by atoms with Crippen LogP contribution >= 0.6 is 0 Å². The summed E-state index contributed by atoms with van der Waals surface area (Å²) < 4.78 is 0. The van der Waals surface area contributed by atoms with E-state index in [1.165, 1.54) is 35.5 Å². The maximum atomic E-state index is 1.72. The van der Waals surface area contributed by atoms with Crippen molar-refractivity contribution in [2.75, 3.05) is 0 Å². The van der Waals surface area contributed by atoms with Gasteiger partial charge in [-0.25, -0.2) is 0 Å². The van der Waals surface area contributed by atoms with Crippen LogP contribution in [-0.4, -0.2) is 0 Å². The first-order valence-electron chi connectivity index (χ1n) is 7.77. The lowest BCUT2D eigenvalue weighted by Crippen LogP contribution is -2.69. The van der Waals surface area contributed by atoms with E-state index in [0.29, 0.717) is 0 Å². The van der Waals surface area contributed by atoms with Gasteiger partial charge in [-0.05, 0) is 96.7 Å². The second-order valence-electron chi connectivity index (χ2n) is 9.14. The highest BCUT2D eigenvalue weighted by molar-refractivity contribution is 5.36. The lowest BCUT2D eigenvalue weighted by Gasteiger charge is -2.75. The van der Waals surface area contributed by atoms with Crippen LogP contribution in [0.25, 0.3) is 0 Å². The fraction of sp³-hybridized carbons (Fsp3) is 1.00. The van der Waals surface area contributed by atoms with Gasteiger partial charge < -0.3 is 0 Å². The van der Waals surface area contributed by atoms with E-state index in [-0.39, 0.29) is 0 Å². The van der Waals surface area contributed by atoms with Crippen molar-refractivity contribution < 1.29 is 0 Å². The van der Waals surface area contributed by atoms with Crippen molar-refractivity contribution >= 4 is 0 Å². The Morgan fingerprint density at radius 3 is 2.69 bits per heavy atom. The Balaban J connectivity index is 1.65. The molecule has 7 aliphatic rings. The fourth-order valence-electron chi connectivity index (χ4n) is 9.74. The second-order valence-corrected chi connectivity index (χ2v) is 9.14. The van der Waals surface area contributed by atoms with Crippen molar-refractivity contribution in [1.29, 1.82) is 0 Å². The first-order valence-corrected chi connectivity index (χ1v) is 7.77. The van der Waals surface area contributed by atoms with E-state index in [0.717, 1.165) is 16.2 Å². The topological polar surface area (TPSA) is 0 Å². The zero-order chi connectivity index (χ0) is 9.91. The number of rotatable bonds is 0. The summed E-state index contributed by atoms with van der Waals surface area (Å²) in [7, 11) is 0. The Kier molecular flexibility index (Phi) is 0.739. The molecule has 7 fully saturated rings. The summed E-state index contributed by atoms with van der Waals surface area (Å²) in [5.74, 6) is 7.47. The van der Waals surface area contributed by atoms with E-state index >= 15 is 0 Å². The second kappa shape index (κ2) is 1.59. The molecule has 7 atom stereocenters. The summed E-state index contributed by atoms with van der Waals surface area (Å²) in [6.07, 6.45) is 11.9. The third-order valence-corrected chi connectivity index (χ3v) is 9.39. The summed E-state index contributed by atoms with van der Waals surface area (Å²) >= 11 is 0. The molecular weight excluding hydrogens is 192 g/mol. The van der Waals surface area contributed by atoms with Crippen LogP contribution in [0.4, 0.5) is 0 Å². The molecule has 0 heteroatoms. The molecule has 84 valence electrons. The van der Waals surface area contributed by atoms with Crippen molar-refractivity contribution in [3.63, 3.8) is 0 Å². The first-order chi connectivity index (χ1) is 7.77. The van der Waals surface area contributed by atoms with Gasteiger partial charge in [0.25, 0.3) is 0 Å². The molecule has 0 aromatic carbocycles. The summed E-state index contributed by atoms with van der Waals surface area (Å²) in [6, 6.07) is 0. The van der Waals surface area contributed by atoms with Gasteiger partial charge in [-0.2, -0.15) is 0 Å². The van der Waals surface area contributed by atoms with E-state index in [9.17, 15) is 0 Å². The van der Waals surface area contributed by atoms with E-state index in [4.69, 9.17) is 0 Å². The Morgan fingerprint density at radius 1 is 0.812 bits per heavy atom. The molecule has 7 unspecified atom stereocenters. The molecule has 0 aromatic heterocycles. The van der Waals surface area contributed by atoms with Gasteiger partial charge in [0.05, 0.1) is 0 Å². The van der Waals surface area contributed by atoms with Gasteiger partial charge in [0, 0.05) is 0 Å². The van der Waals surface area contributed by atoms with Crippen LogP contribution in [0.2, 0.25) is 0 Å². The quantitative estimate of drug-likeness (QED) is 0.577. The molecule has 16 heavy (non-hydrogen) atoms. The van der Waals surface area contributed by atoms with Crippen molar-refractivity contribution in [2.45, 2.75) is 44.9 Å². The highest BCUT2D eigenvalue weighted by Gasteiger charge is 2.87. The largest absolute Gasteiger partial charge is 0.0467 e. The SMILES string of the molecule is C1C2CC34CC56CC7(CC3C(C7CC15)C24)C6. The summed E-state index contributed by atoms with van der Waals surface area (Å²) in [5.41, 5.74) is 2.85. The molecule has 4 bridgehead atoms. The number of hydrogen-bond acceptors (Lipinski definition) is 0. The third kappa shape index (κ3) is 0.410. The lowest BCUT2D eigenvalue weighted by atomic mass is 9.29. The van der Waals surface area contributed by atoms with Crippen LogP contribution in [0.5, 0.6) is 0 Å². The molecule has 3 spiro atoms. The van der Waals surface area contributed by atoms with Crippen molar-refractivity contribution in [3.05, 3.63) is 0 Å². The van der Waals surface area contributed by atoms with Crippen LogP contribution in [0.1, 0.15) is 44.9 Å². The van der Waals surface area contributed by atoms with Gasteiger partial charge in [0.2, 0.25) is 0 Å². The predicted molar refractivity (Wildman–Crippen MR) is 60.6 cm³/mol. The van der Waals surface area contributed by atoms with Gasteiger partial charge in [-0.3, -0.25) is 0 Å². The molecule has 7 saturated carbocycles. The first kappa shape index (κ1) is 7.44. The van der Waals surface area contributed by atoms with Gasteiger partial charge >= 0.3 is 0 Å². The van der Waals surface area contributed by atoms with E-state index in [2.05, 4.69) is 0 Å². The Morgan fingerprint density at radius 2 is 1.75 bits per heavy atom. The number of fused-ring (bicyclic) bond motifs is 4. The molecular formula is C16H20. The van der Waals surface area contributed by atoms with Crippen LogP contribution in [0.15, 0.2) is 0 Å². The van der Waals surface area contributed by atoms with Gasteiger partial charge in [-0.1, -0.05) is 0 Å². The molecule has 0 N–H and O–H groups in total. The van der Waals surface area contributed by atoms with Gasteiger partial charge in [-0.15, -0.1) is 0 Å². The molecule has 7 aliphatic carbocycles. The molecule has 0 heterocycles. The Bertz CT molecular complexity index is 446. The third-order valence-electron chi connectivity index (χ3n) is 9.39. The van der Waals surface area contributed by atoms with Gasteiger partial charge in [0.15, 0.2) is 0 Å². The lowest BCUT2D eigenvalue weighted by molar-refractivity contribution is -0.275. The van der Waals surface area contributed by atoms with E-state index in [1.807, 2.05) is 0 Å². The Labute approximate surface area is 97.2 Å².